The van der Waals surface area contributed by atoms with Crippen molar-refractivity contribution in [2.75, 3.05) is 11.9 Å². The number of nitrogens with one attached hydrogen (secondary N) is 1. The number of para-hydroxylation sites is 1. The van der Waals surface area contributed by atoms with E-state index in [9.17, 15) is 14.0 Å². The second kappa shape index (κ2) is 5.35. The first kappa shape index (κ1) is 15.0. The van der Waals surface area contributed by atoms with Gasteiger partial charge in [0.15, 0.2) is 0 Å². The molecule has 118 valence electrons. The van der Waals surface area contributed by atoms with Crippen LogP contribution in [0.1, 0.15) is 25.3 Å². The molecule has 0 spiro atoms. The molecule has 3 N–H and O–H groups in total. The van der Waals surface area contributed by atoms with Crippen molar-refractivity contribution < 1.29 is 14.0 Å². The van der Waals surface area contributed by atoms with Crippen LogP contribution in [0.15, 0.2) is 24.3 Å². The van der Waals surface area contributed by atoms with Gasteiger partial charge in [-0.1, -0.05) is 18.2 Å². The zero-order valence-corrected chi connectivity index (χ0v) is 12.5. The number of hydrogen-bond acceptors (Lipinski definition) is 3. The number of carbonyl (C=O) groups excluding carboxylic acids is 2. The Hall–Kier alpha value is -1.95. The van der Waals surface area contributed by atoms with Gasteiger partial charge in [0.25, 0.3) is 0 Å². The van der Waals surface area contributed by atoms with Crippen molar-refractivity contribution in [3.63, 3.8) is 0 Å². The monoisotopic (exact) mass is 305 g/mol. The van der Waals surface area contributed by atoms with E-state index in [0.29, 0.717) is 6.54 Å². The van der Waals surface area contributed by atoms with Gasteiger partial charge in [0.1, 0.15) is 11.7 Å². The molecule has 1 aliphatic carbocycles. The zero-order valence-electron chi connectivity index (χ0n) is 12.5. The summed E-state index contributed by atoms with van der Waals surface area (Å²) in [7, 11) is 0. The molecule has 22 heavy (non-hydrogen) atoms. The highest BCUT2D eigenvalue weighted by Crippen LogP contribution is 2.42. The topological polar surface area (TPSA) is 75.4 Å². The molecule has 1 fully saturated rings. The van der Waals surface area contributed by atoms with Crippen LogP contribution in [0.3, 0.4) is 0 Å². The second-order valence-electron chi connectivity index (χ2n) is 6.25. The molecule has 0 radical (unpaired) electrons. The highest BCUT2D eigenvalue weighted by molar-refractivity contribution is 5.98. The minimum Gasteiger partial charge on any atom is -0.328 e. The Balaban J connectivity index is 1.81. The molecule has 0 saturated heterocycles. The molecule has 1 unspecified atom stereocenters. The van der Waals surface area contributed by atoms with E-state index in [-0.39, 0.29) is 37.1 Å². The molecular formula is C16H20FN3O2. The minimum absolute atomic E-state index is 0.0599. The maximum Gasteiger partial charge on any atom is 0.246 e. The maximum absolute atomic E-state index is 13.9. The van der Waals surface area contributed by atoms with Crippen LogP contribution < -0.4 is 11.1 Å². The van der Waals surface area contributed by atoms with Crippen LogP contribution in [0.2, 0.25) is 0 Å². The third-order valence-electron chi connectivity index (χ3n) is 4.69. The molecule has 5 nitrogen and oxygen atoms in total. The fourth-order valence-electron chi connectivity index (χ4n) is 3.15. The second-order valence-corrected chi connectivity index (χ2v) is 6.25. The van der Waals surface area contributed by atoms with Crippen LogP contribution in [-0.4, -0.2) is 35.0 Å². The molecule has 2 amide bonds. The lowest BCUT2D eigenvalue weighted by Crippen LogP contribution is -2.54. The van der Waals surface area contributed by atoms with E-state index in [2.05, 4.69) is 5.32 Å². The first-order valence-electron chi connectivity index (χ1n) is 7.52. The maximum atomic E-state index is 13.9. The summed E-state index contributed by atoms with van der Waals surface area (Å²) in [5, 5.41) is 2.83. The van der Waals surface area contributed by atoms with Crippen molar-refractivity contribution >= 4 is 17.5 Å². The third kappa shape index (κ3) is 2.47. The predicted molar refractivity (Wildman–Crippen MR) is 80.7 cm³/mol. The SMILES string of the molecule is CC1C(=O)Nc2ccccc2CN1C(=O)C1CC(F)(CN)C1. The molecule has 3 rings (SSSR count). The lowest BCUT2D eigenvalue weighted by atomic mass is 9.71. The standard InChI is InChI=1S/C16H20FN3O2/c1-10-14(21)19-13-5-3-2-4-11(13)8-20(10)15(22)12-6-16(17,7-12)9-18/h2-5,10,12H,6-9,18H2,1H3,(H,19,21). The largest absolute Gasteiger partial charge is 0.328 e. The molecule has 0 aromatic heterocycles. The van der Waals surface area contributed by atoms with Gasteiger partial charge in [0.05, 0.1) is 0 Å². The van der Waals surface area contributed by atoms with Gasteiger partial charge in [-0.25, -0.2) is 4.39 Å². The summed E-state index contributed by atoms with van der Waals surface area (Å²) in [6.45, 7) is 1.99. The molecule has 1 aromatic rings. The Labute approximate surface area is 128 Å². The molecular weight excluding hydrogens is 285 g/mol. The lowest BCUT2D eigenvalue weighted by Gasteiger charge is -2.42. The van der Waals surface area contributed by atoms with Gasteiger partial charge < -0.3 is 16.0 Å². The molecule has 1 aliphatic heterocycles. The number of rotatable bonds is 2. The number of nitrogens with zero attached hydrogens (tertiary/aromatic N) is 1. The van der Waals surface area contributed by atoms with Crippen LogP contribution >= 0.6 is 0 Å². The molecule has 6 heteroatoms. The molecule has 2 aliphatic rings. The highest BCUT2D eigenvalue weighted by Gasteiger charge is 2.49. The van der Waals surface area contributed by atoms with Crippen LogP contribution in [-0.2, 0) is 16.1 Å². The number of nitrogens with two attached hydrogens (primary N) is 1. The van der Waals surface area contributed by atoms with E-state index in [1.165, 1.54) is 0 Å². The van der Waals surface area contributed by atoms with Gasteiger partial charge in [-0.2, -0.15) is 0 Å². The minimum atomic E-state index is -1.42. The molecule has 1 heterocycles. The Kier molecular flexibility index (Phi) is 3.64. The smallest absolute Gasteiger partial charge is 0.246 e. The number of amides is 2. The fraction of sp³-hybridized carbons (Fsp3) is 0.500. The van der Waals surface area contributed by atoms with Crippen molar-refractivity contribution in [1.82, 2.24) is 4.90 Å². The van der Waals surface area contributed by atoms with Gasteiger partial charge in [0, 0.05) is 24.7 Å². The quantitative estimate of drug-likeness (QED) is 0.868. The van der Waals surface area contributed by atoms with Crippen molar-refractivity contribution in [2.45, 2.75) is 38.0 Å². The number of hydrogen-bond donors (Lipinski definition) is 2. The fourth-order valence-corrected chi connectivity index (χ4v) is 3.15. The van der Waals surface area contributed by atoms with Gasteiger partial charge in [-0.05, 0) is 31.4 Å². The Morgan fingerprint density at radius 1 is 1.45 bits per heavy atom. The average molecular weight is 305 g/mol. The van der Waals surface area contributed by atoms with E-state index in [1.807, 2.05) is 24.3 Å². The number of alkyl halides is 1. The number of carbonyl (C=O) groups is 2. The summed E-state index contributed by atoms with van der Waals surface area (Å²) in [6.07, 6.45) is 0.295. The summed E-state index contributed by atoms with van der Waals surface area (Å²) in [5.74, 6) is -0.766. The normalized spacial score (nSPS) is 30.9. The van der Waals surface area contributed by atoms with Crippen molar-refractivity contribution in [3.8, 4) is 0 Å². The number of halogens is 1. The molecule has 0 bridgehead atoms. The highest BCUT2D eigenvalue weighted by atomic mass is 19.1. The van der Waals surface area contributed by atoms with Gasteiger partial charge in [-0.3, -0.25) is 9.59 Å². The Bertz CT molecular complexity index is 613. The van der Waals surface area contributed by atoms with Gasteiger partial charge >= 0.3 is 0 Å². The van der Waals surface area contributed by atoms with Crippen LogP contribution in [0.4, 0.5) is 10.1 Å². The Morgan fingerprint density at radius 3 is 2.82 bits per heavy atom. The summed E-state index contributed by atoms with van der Waals surface area (Å²) >= 11 is 0. The molecule has 1 saturated carbocycles. The molecule has 1 atom stereocenters. The van der Waals surface area contributed by atoms with Crippen molar-refractivity contribution in [2.24, 2.45) is 11.7 Å². The third-order valence-corrected chi connectivity index (χ3v) is 4.69. The first-order chi connectivity index (χ1) is 10.4. The van der Waals surface area contributed by atoms with Crippen molar-refractivity contribution in [3.05, 3.63) is 29.8 Å². The predicted octanol–water partition coefficient (Wildman–Crippen LogP) is 1.43. The molecule has 1 aromatic carbocycles. The summed E-state index contributed by atoms with van der Waals surface area (Å²) in [6, 6.07) is 6.83. The number of anilines is 1. The van der Waals surface area contributed by atoms with Gasteiger partial charge in [-0.15, -0.1) is 0 Å². The number of benzene rings is 1. The van der Waals surface area contributed by atoms with Crippen LogP contribution in [0, 0.1) is 5.92 Å². The van der Waals surface area contributed by atoms with E-state index in [1.54, 1.807) is 11.8 Å². The van der Waals surface area contributed by atoms with Crippen LogP contribution in [0.25, 0.3) is 0 Å². The summed E-state index contributed by atoms with van der Waals surface area (Å²) < 4.78 is 13.9. The van der Waals surface area contributed by atoms with Gasteiger partial charge in [0.2, 0.25) is 11.8 Å². The van der Waals surface area contributed by atoms with E-state index < -0.39 is 11.7 Å². The zero-order chi connectivity index (χ0) is 15.9. The summed E-state index contributed by atoms with van der Waals surface area (Å²) in [4.78, 5) is 26.4. The number of fused-ring (bicyclic) bond motifs is 1. The van der Waals surface area contributed by atoms with E-state index in [4.69, 9.17) is 5.73 Å². The van der Waals surface area contributed by atoms with E-state index >= 15 is 0 Å². The first-order valence-corrected chi connectivity index (χ1v) is 7.52. The van der Waals surface area contributed by atoms with Crippen LogP contribution in [0.5, 0.6) is 0 Å². The van der Waals surface area contributed by atoms with E-state index in [0.717, 1.165) is 11.3 Å². The Morgan fingerprint density at radius 2 is 2.14 bits per heavy atom. The van der Waals surface area contributed by atoms with Crippen molar-refractivity contribution in [1.29, 1.82) is 0 Å². The lowest BCUT2D eigenvalue weighted by molar-refractivity contribution is -0.149. The average Bonchev–Trinajstić information content (AvgIpc) is 2.61. The summed E-state index contributed by atoms with van der Waals surface area (Å²) in [5.41, 5.74) is 5.58.